The third-order valence-corrected chi connectivity index (χ3v) is 5.98. The van der Waals surface area contributed by atoms with E-state index in [0.29, 0.717) is 12.0 Å². The Kier molecular flexibility index (Phi) is 4.52. The standard InChI is InChI=1S/C21H26N2O/c1-24-17-8-6-16(7-9-17)20-18-4-2-3-5-19(18)21(20)23-14-15-10-12-22-13-11-15/h6-13,18-21,23H,2-5,14H2,1H3/t18?,19?,20-,21-/m0/s1. The molecule has 24 heavy (non-hydrogen) atoms. The van der Waals surface area contributed by atoms with Crippen LogP contribution in [0.5, 0.6) is 5.75 Å². The van der Waals surface area contributed by atoms with Gasteiger partial charge in [0.2, 0.25) is 0 Å². The molecule has 0 aliphatic heterocycles. The van der Waals surface area contributed by atoms with E-state index < -0.39 is 0 Å². The number of aromatic nitrogens is 1. The van der Waals surface area contributed by atoms with Gasteiger partial charge in [-0.2, -0.15) is 0 Å². The van der Waals surface area contributed by atoms with Crippen LogP contribution in [-0.4, -0.2) is 18.1 Å². The highest BCUT2D eigenvalue weighted by Gasteiger charge is 2.50. The molecule has 0 spiro atoms. The molecule has 0 amide bonds. The van der Waals surface area contributed by atoms with Crippen LogP contribution in [0.4, 0.5) is 0 Å². The van der Waals surface area contributed by atoms with Gasteiger partial charge in [-0.3, -0.25) is 4.98 Å². The van der Waals surface area contributed by atoms with Crippen LogP contribution < -0.4 is 10.1 Å². The van der Waals surface area contributed by atoms with E-state index in [1.54, 1.807) is 7.11 Å². The summed E-state index contributed by atoms with van der Waals surface area (Å²) in [5.74, 6) is 3.28. The minimum Gasteiger partial charge on any atom is -0.497 e. The van der Waals surface area contributed by atoms with Crippen LogP contribution in [0.2, 0.25) is 0 Å². The monoisotopic (exact) mass is 322 g/mol. The highest BCUT2D eigenvalue weighted by atomic mass is 16.5. The highest BCUT2D eigenvalue weighted by molar-refractivity contribution is 5.33. The number of hydrogen-bond donors (Lipinski definition) is 1. The lowest BCUT2D eigenvalue weighted by Crippen LogP contribution is -2.57. The lowest BCUT2D eigenvalue weighted by Gasteiger charge is -2.55. The molecule has 2 aliphatic carbocycles. The maximum atomic E-state index is 5.32. The fraction of sp³-hybridized carbons (Fsp3) is 0.476. The summed E-state index contributed by atoms with van der Waals surface area (Å²) in [6, 6.07) is 13.5. The lowest BCUT2D eigenvalue weighted by molar-refractivity contribution is 0.0254. The van der Waals surface area contributed by atoms with Crippen LogP contribution in [-0.2, 0) is 6.54 Å². The number of nitrogens with zero attached hydrogens (tertiary/aromatic N) is 1. The molecule has 2 saturated carbocycles. The summed E-state index contributed by atoms with van der Waals surface area (Å²) >= 11 is 0. The number of hydrogen-bond acceptors (Lipinski definition) is 3. The minimum absolute atomic E-state index is 0.594. The van der Waals surface area contributed by atoms with E-state index in [9.17, 15) is 0 Å². The fourth-order valence-corrected chi connectivity index (χ4v) is 4.76. The van der Waals surface area contributed by atoms with E-state index in [-0.39, 0.29) is 0 Å². The van der Waals surface area contributed by atoms with Crippen molar-refractivity contribution in [3.63, 3.8) is 0 Å². The summed E-state index contributed by atoms with van der Waals surface area (Å²) in [5, 5.41) is 3.85. The number of rotatable bonds is 5. The first-order chi connectivity index (χ1) is 11.9. The van der Waals surface area contributed by atoms with Crippen LogP contribution in [0.1, 0.15) is 42.7 Å². The van der Waals surface area contributed by atoms with Crippen LogP contribution in [0.25, 0.3) is 0 Å². The van der Waals surface area contributed by atoms with Gasteiger partial charge in [-0.15, -0.1) is 0 Å². The summed E-state index contributed by atoms with van der Waals surface area (Å²) in [5.41, 5.74) is 2.78. The molecule has 1 heterocycles. The van der Waals surface area contributed by atoms with E-state index in [4.69, 9.17) is 4.74 Å². The van der Waals surface area contributed by atoms with Gasteiger partial charge in [0.15, 0.2) is 0 Å². The number of ether oxygens (including phenoxy) is 1. The van der Waals surface area contributed by atoms with Crippen molar-refractivity contribution in [2.45, 2.75) is 44.2 Å². The van der Waals surface area contributed by atoms with E-state index >= 15 is 0 Å². The summed E-state index contributed by atoms with van der Waals surface area (Å²) in [4.78, 5) is 4.11. The molecule has 1 aromatic heterocycles. The second-order valence-electron chi connectivity index (χ2n) is 7.17. The van der Waals surface area contributed by atoms with Gasteiger partial charge in [-0.05, 0) is 60.1 Å². The first kappa shape index (κ1) is 15.6. The minimum atomic E-state index is 0.594. The van der Waals surface area contributed by atoms with Crippen LogP contribution in [0.3, 0.4) is 0 Å². The first-order valence-electron chi connectivity index (χ1n) is 9.13. The third-order valence-electron chi connectivity index (χ3n) is 5.98. The van der Waals surface area contributed by atoms with E-state index in [1.807, 2.05) is 12.4 Å². The number of nitrogens with one attached hydrogen (secondary N) is 1. The molecular formula is C21H26N2O. The molecule has 2 fully saturated rings. The summed E-state index contributed by atoms with van der Waals surface area (Å²) in [7, 11) is 1.73. The number of benzene rings is 1. The molecule has 3 heteroatoms. The zero-order valence-corrected chi connectivity index (χ0v) is 14.3. The second kappa shape index (κ2) is 6.94. The Morgan fingerprint density at radius 1 is 1.00 bits per heavy atom. The smallest absolute Gasteiger partial charge is 0.118 e. The molecule has 0 bridgehead atoms. The molecule has 1 N–H and O–H groups in total. The molecule has 0 saturated heterocycles. The Morgan fingerprint density at radius 3 is 2.42 bits per heavy atom. The second-order valence-corrected chi connectivity index (χ2v) is 7.17. The average Bonchev–Trinajstić information content (AvgIpc) is 2.64. The largest absolute Gasteiger partial charge is 0.497 e. The van der Waals surface area contributed by atoms with E-state index in [1.165, 1.54) is 36.8 Å². The first-order valence-corrected chi connectivity index (χ1v) is 9.13. The Labute approximate surface area is 144 Å². The van der Waals surface area contributed by atoms with Gasteiger partial charge < -0.3 is 10.1 Å². The molecule has 2 aliphatic rings. The van der Waals surface area contributed by atoms with Crippen molar-refractivity contribution in [1.82, 2.24) is 10.3 Å². The van der Waals surface area contributed by atoms with Gasteiger partial charge in [-0.1, -0.05) is 25.0 Å². The fourth-order valence-electron chi connectivity index (χ4n) is 4.76. The Morgan fingerprint density at radius 2 is 1.71 bits per heavy atom. The zero-order chi connectivity index (χ0) is 16.4. The van der Waals surface area contributed by atoms with Gasteiger partial charge in [0, 0.05) is 30.9 Å². The molecule has 4 atom stereocenters. The number of fused-ring (bicyclic) bond motifs is 1. The van der Waals surface area contributed by atoms with Crippen molar-refractivity contribution < 1.29 is 4.74 Å². The number of methoxy groups -OCH3 is 1. The molecule has 2 unspecified atom stereocenters. The van der Waals surface area contributed by atoms with Crippen molar-refractivity contribution in [2.24, 2.45) is 11.8 Å². The average molecular weight is 322 g/mol. The molecule has 0 radical (unpaired) electrons. The molecule has 2 aromatic rings. The summed E-state index contributed by atoms with van der Waals surface area (Å²) in [6.45, 7) is 0.934. The van der Waals surface area contributed by atoms with Crippen molar-refractivity contribution >= 4 is 0 Å². The van der Waals surface area contributed by atoms with Gasteiger partial charge >= 0.3 is 0 Å². The van der Waals surface area contributed by atoms with Crippen molar-refractivity contribution in [3.8, 4) is 5.75 Å². The van der Waals surface area contributed by atoms with Crippen LogP contribution in [0, 0.1) is 11.8 Å². The Balaban J connectivity index is 1.50. The summed E-state index contributed by atoms with van der Waals surface area (Å²) < 4.78 is 5.32. The molecule has 3 nitrogen and oxygen atoms in total. The quantitative estimate of drug-likeness (QED) is 0.898. The number of pyridine rings is 1. The molecule has 1 aromatic carbocycles. The Hall–Kier alpha value is -1.87. The van der Waals surface area contributed by atoms with Crippen LogP contribution in [0.15, 0.2) is 48.8 Å². The van der Waals surface area contributed by atoms with Crippen LogP contribution >= 0.6 is 0 Å². The molecule has 126 valence electrons. The van der Waals surface area contributed by atoms with E-state index in [0.717, 1.165) is 24.1 Å². The molecular weight excluding hydrogens is 296 g/mol. The van der Waals surface area contributed by atoms with Gasteiger partial charge in [0.05, 0.1) is 7.11 Å². The third kappa shape index (κ3) is 2.93. The van der Waals surface area contributed by atoms with Crippen molar-refractivity contribution in [3.05, 3.63) is 59.9 Å². The molecule has 4 rings (SSSR count). The van der Waals surface area contributed by atoms with Gasteiger partial charge in [0.1, 0.15) is 5.75 Å². The maximum absolute atomic E-state index is 5.32. The van der Waals surface area contributed by atoms with Gasteiger partial charge in [0.25, 0.3) is 0 Å². The van der Waals surface area contributed by atoms with Gasteiger partial charge in [-0.25, -0.2) is 0 Å². The summed E-state index contributed by atoms with van der Waals surface area (Å²) in [6.07, 6.45) is 9.30. The highest BCUT2D eigenvalue weighted by Crippen LogP contribution is 2.54. The lowest BCUT2D eigenvalue weighted by atomic mass is 9.53. The topological polar surface area (TPSA) is 34.1 Å². The normalized spacial score (nSPS) is 28.7. The van der Waals surface area contributed by atoms with Crippen molar-refractivity contribution in [2.75, 3.05) is 7.11 Å². The maximum Gasteiger partial charge on any atom is 0.118 e. The predicted molar refractivity (Wildman–Crippen MR) is 96.0 cm³/mol. The zero-order valence-electron chi connectivity index (χ0n) is 14.3. The SMILES string of the molecule is COc1ccc([C@H]2C3CCCCC3[C@@H]2NCc2ccncc2)cc1. The van der Waals surface area contributed by atoms with Crippen molar-refractivity contribution in [1.29, 1.82) is 0 Å². The Bertz CT molecular complexity index is 655. The van der Waals surface area contributed by atoms with E-state index in [2.05, 4.69) is 46.7 Å². The predicted octanol–water partition coefficient (Wildman–Crippen LogP) is 4.15.